The van der Waals surface area contributed by atoms with Crippen molar-refractivity contribution in [2.75, 3.05) is 44.7 Å². The minimum atomic E-state index is -0.371. The van der Waals surface area contributed by atoms with Crippen LogP contribution in [0, 0.1) is 5.92 Å². The molecule has 0 radical (unpaired) electrons. The number of nitrogens with zero attached hydrogens (tertiary/aromatic N) is 3. The molecule has 4 rings (SSSR count). The Morgan fingerprint density at radius 1 is 1.03 bits per heavy atom. The molecule has 2 aromatic rings. The van der Waals surface area contributed by atoms with Crippen molar-refractivity contribution < 1.29 is 19.1 Å². The van der Waals surface area contributed by atoms with Crippen LogP contribution in [0.1, 0.15) is 24.8 Å². The van der Waals surface area contributed by atoms with Crippen molar-refractivity contribution in [3.05, 3.63) is 59.1 Å². The first-order chi connectivity index (χ1) is 16.4. The second-order valence-corrected chi connectivity index (χ2v) is 9.23. The second-order valence-electron chi connectivity index (χ2n) is 8.79. The summed E-state index contributed by atoms with van der Waals surface area (Å²) in [5, 5.41) is 0.560. The number of anilines is 1. The molecule has 2 saturated heterocycles. The van der Waals surface area contributed by atoms with Gasteiger partial charge in [0.2, 0.25) is 17.7 Å². The summed E-state index contributed by atoms with van der Waals surface area (Å²) in [5.41, 5.74) is 1.81. The van der Waals surface area contributed by atoms with Gasteiger partial charge in [-0.1, -0.05) is 29.8 Å². The lowest BCUT2D eigenvalue weighted by Gasteiger charge is -2.24. The Hall–Kier alpha value is -3.06. The fourth-order valence-corrected chi connectivity index (χ4v) is 4.80. The van der Waals surface area contributed by atoms with Crippen LogP contribution in [0.5, 0.6) is 5.75 Å². The first-order valence-electron chi connectivity index (χ1n) is 11.7. The molecule has 3 amide bonds. The molecule has 2 heterocycles. The van der Waals surface area contributed by atoms with E-state index in [0.717, 1.165) is 23.4 Å². The quantitative estimate of drug-likeness (QED) is 0.631. The molecule has 34 heavy (non-hydrogen) atoms. The van der Waals surface area contributed by atoms with Crippen LogP contribution >= 0.6 is 11.6 Å². The van der Waals surface area contributed by atoms with Crippen molar-refractivity contribution >= 4 is 35.0 Å². The van der Waals surface area contributed by atoms with Gasteiger partial charge in [0, 0.05) is 56.3 Å². The lowest BCUT2D eigenvalue weighted by molar-refractivity contribution is -0.136. The molecule has 2 aliphatic rings. The van der Waals surface area contributed by atoms with Gasteiger partial charge < -0.3 is 19.4 Å². The van der Waals surface area contributed by atoms with Crippen LogP contribution in [0.25, 0.3) is 0 Å². The molecule has 8 heteroatoms. The Balaban J connectivity index is 1.29. The maximum Gasteiger partial charge on any atom is 0.228 e. The lowest BCUT2D eigenvalue weighted by atomic mass is 10.1. The predicted molar refractivity (Wildman–Crippen MR) is 131 cm³/mol. The molecule has 2 aromatic carbocycles. The van der Waals surface area contributed by atoms with Crippen LogP contribution in [-0.4, -0.2) is 67.4 Å². The number of halogens is 1. The lowest BCUT2D eigenvalue weighted by Crippen LogP contribution is -2.40. The number of rotatable bonds is 6. The van der Waals surface area contributed by atoms with Crippen molar-refractivity contribution in [2.24, 2.45) is 5.92 Å². The Kier molecular flexibility index (Phi) is 7.73. The maximum absolute atomic E-state index is 13.2. The van der Waals surface area contributed by atoms with E-state index in [9.17, 15) is 14.4 Å². The number of methoxy groups -OCH3 is 1. The smallest absolute Gasteiger partial charge is 0.228 e. The van der Waals surface area contributed by atoms with Crippen molar-refractivity contribution in [3.63, 3.8) is 0 Å². The van der Waals surface area contributed by atoms with E-state index in [1.165, 1.54) is 0 Å². The highest BCUT2D eigenvalue weighted by Gasteiger charge is 2.37. The number of carbonyl (C=O) groups excluding carboxylic acids is 3. The fraction of sp³-hybridized carbons (Fsp3) is 0.423. The van der Waals surface area contributed by atoms with Crippen molar-refractivity contribution in [3.8, 4) is 5.75 Å². The zero-order valence-electron chi connectivity index (χ0n) is 19.4. The standard InChI is InChI=1S/C26H30ClN3O4/c1-34-23-9-6-19(7-10-23)8-11-24(31)28-12-3-13-29(15-14-28)26(33)20-16-25(32)30(18-20)22-5-2-4-21(27)17-22/h2,4-7,9-10,17,20H,3,8,11-16,18H2,1H3. The molecular formula is C26H30ClN3O4. The van der Waals surface area contributed by atoms with E-state index >= 15 is 0 Å². The van der Waals surface area contributed by atoms with Gasteiger partial charge in [0.1, 0.15) is 5.75 Å². The fourth-order valence-electron chi connectivity index (χ4n) is 4.61. The van der Waals surface area contributed by atoms with Gasteiger partial charge in [-0.15, -0.1) is 0 Å². The highest BCUT2D eigenvalue weighted by molar-refractivity contribution is 6.31. The van der Waals surface area contributed by atoms with E-state index < -0.39 is 0 Å². The monoisotopic (exact) mass is 483 g/mol. The molecule has 0 N–H and O–H groups in total. The molecule has 0 aliphatic carbocycles. The van der Waals surface area contributed by atoms with Gasteiger partial charge in [-0.2, -0.15) is 0 Å². The number of aryl methyl sites for hydroxylation is 1. The maximum atomic E-state index is 13.2. The average Bonchev–Trinajstić information content (AvgIpc) is 3.07. The SMILES string of the molecule is COc1ccc(CCC(=O)N2CCCN(C(=O)C3CC(=O)N(c4cccc(Cl)c4)C3)CC2)cc1. The molecule has 180 valence electrons. The summed E-state index contributed by atoms with van der Waals surface area (Å²) in [6, 6.07) is 14.9. The summed E-state index contributed by atoms with van der Waals surface area (Å²) in [6.45, 7) is 2.62. The Morgan fingerprint density at radius 2 is 1.76 bits per heavy atom. The number of carbonyl (C=O) groups is 3. The Morgan fingerprint density at radius 3 is 2.50 bits per heavy atom. The van der Waals surface area contributed by atoms with E-state index in [1.54, 1.807) is 30.2 Å². The van der Waals surface area contributed by atoms with Gasteiger partial charge in [-0.3, -0.25) is 14.4 Å². The molecule has 0 spiro atoms. The minimum Gasteiger partial charge on any atom is -0.497 e. The van der Waals surface area contributed by atoms with Crippen LogP contribution in [0.4, 0.5) is 5.69 Å². The third-order valence-corrected chi connectivity index (χ3v) is 6.78. The first kappa shape index (κ1) is 24.1. The summed E-state index contributed by atoms with van der Waals surface area (Å²) >= 11 is 6.07. The number of ether oxygens (including phenoxy) is 1. The Bertz CT molecular complexity index is 1040. The normalized spacial score (nSPS) is 18.7. The zero-order chi connectivity index (χ0) is 24.1. The topological polar surface area (TPSA) is 70.2 Å². The number of hydrogen-bond acceptors (Lipinski definition) is 4. The minimum absolute atomic E-state index is 0.00888. The van der Waals surface area contributed by atoms with Crippen LogP contribution in [-0.2, 0) is 20.8 Å². The highest BCUT2D eigenvalue weighted by atomic mass is 35.5. The third kappa shape index (κ3) is 5.70. The molecule has 2 aliphatic heterocycles. The summed E-state index contributed by atoms with van der Waals surface area (Å²) in [4.78, 5) is 43.9. The van der Waals surface area contributed by atoms with E-state index in [0.29, 0.717) is 50.6 Å². The third-order valence-electron chi connectivity index (χ3n) is 6.54. The molecule has 1 atom stereocenters. The Labute approximate surface area is 205 Å². The van der Waals surface area contributed by atoms with Crippen LogP contribution in [0.15, 0.2) is 48.5 Å². The van der Waals surface area contributed by atoms with Gasteiger partial charge in [-0.25, -0.2) is 0 Å². The van der Waals surface area contributed by atoms with Crippen molar-refractivity contribution in [2.45, 2.75) is 25.7 Å². The molecule has 0 bridgehead atoms. The zero-order valence-corrected chi connectivity index (χ0v) is 20.2. The van der Waals surface area contributed by atoms with Crippen molar-refractivity contribution in [1.82, 2.24) is 9.80 Å². The van der Waals surface area contributed by atoms with E-state index in [1.807, 2.05) is 40.1 Å². The molecular weight excluding hydrogens is 454 g/mol. The van der Waals surface area contributed by atoms with Gasteiger partial charge in [0.25, 0.3) is 0 Å². The number of amides is 3. The molecule has 0 aromatic heterocycles. The summed E-state index contributed by atoms with van der Waals surface area (Å²) < 4.78 is 5.17. The molecule has 0 saturated carbocycles. The van der Waals surface area contributed by atoms with Crippen LogP contribution in [0.3, 0.4) is 0 Å². The van der Waals surface area contributed by atoms with E-state index in [-0.39, 0.29) is 30.1 Å². The summed E-state index contributed by atoms with van der Waals surface area (Å²) in [6.07, 6.45) is 2.04. The van der Waals surface area contributed by atoms with Gasteiger partial charge in [-0.05, 0) is 48.7 Å². The highest BCUT2D eigenvalue weighted by Crippen LogP contribution is 2.28. The predicted octanol–water partition coefficient (Wildman–Crippen LogP) is 3.40. The summed E-state index contributed by atoms with van der Waals surface area (Å²) in [7, 11) is 1.63. The van der Waals surface area contributed by atoms with Gasteiger partial charge in [0.15, 0.2) is 0 Å². The van der Waals surface area contributed by atoms with E-state index in [4.69, 9.17) is 16.3 Å². The number of hydrogen-bond donors (Lipinski definition) is 0. The second kappa shape index (κ2) is 10.9. The average molecular weight is 484 g/mol. The summed E-state index contributed by atoms with van der Waals surface area (Å²) in [5.74, 6) is 0.459. The number of benzene rings is 2. The molecule has 7 nitrogen and oxygen atoms in total. The largest absolute Gasteiger partial charge is 0.497 e. The van der Waals surface area contributed by atoms with Gasteiger partial charge >= 0.3 is 0 Å². The first-order valence-corrected chi connectivity index (χ1v) is 12.1. The molecule has 2 fully saturated rings. The molecule has 1 unspecified atom stereocenters. The van der Waals surface area contributed by atoms with E-state index in [2.05, 4.69) is 0 Å². The van der Waals surface area contributed by atoms with Crippen molar-refractivity contribution in [1.29, 1.82) is 0 Å². The van der Waals surface area contributed by atoms with Gasteiger partial charge in [0.05, 0.1) is 13.0 Å². The van der Waals surface area contributed by atoms with Crippen LogP contribution in [0.2, 0.25) is 5.02 Å². The van der Waals surface area contributed by atoms with Crippen LogP contribution < -0.4 is 9.64 Å².